The minimum atomic E-state index is 0. The van der Waals surface area contributed by atoms with Crippen LogP contribution in [0.4, 0.5) is 5.69 Å². The number of nitrogens with zero attached hydrogens (tertiary/aromatic N) is 1. The maximum Gasteiger partial charge on any atom is 1.00 e. The van der Waals surface area contributed by atoms with Gasteiger partial charge in [-0.3, -0.25) is 4.99 Å². The molecule has 0 bridgehead atoms. The van der Waals surface area contributed by atoms with Gasteiger partial charge in [-0.15, -0.1) is 5.04 Å². The number of hydrogen-bond acceptors (Lipinski definition) is 2. The van der Waals surface area contributed by atoms with Gasteiger partial charge in [-0.25, -0.2) is 0 Å². The smallest absolute Gasteiger partial charge is 0.764 e. The molecule has 0 unspecified atom stereocenters. The first-order valence-electron chi connectivity index (χ1n) is 3.60. The molecule has 3 heteroatoms. The first kappa shape index (κ1) is 9.93. The summed E-state index contributed by atoms with van der Waals surface area (Å²) in [6.07, 6.45) is 0.852. The third-order valence-electron chi connectivity index (χ3n) is 1.83. The Kier molecular flexibility index (Phi) is 3.07. The third-order valence-corrected chi connectivity index (χ3v) is 2.06. The van der Waals surface area contributed by atoms with Crippen molar-refractivity contribution in [2.45, 2.75) is 13.3 Å². The van der Waals surface area contributed by atoms with Crippen LogP contribution in [-0.2, 0) is 41.4 Å². The summed E-state index contributed by atoms with van der Waals surface area (Å²) in [5, 5.41) is 0.811. The van der Waals surface area contributed by atoms with Crippen LogP contribution in [0.2, 0.25) is 0 Å². The molecular formula is C9H8AgNS. The molecule has 1 nitrogen and oxygen atoms in total. The summed E-state index contributed by atoms with van der Waals surface area (Å²) in [7, 11) is 0. The molecule has 0 radical (unpaired) electrons. The van der Waals surface area contributed by atoms with Crippen LogP contribution in [0.15, 0.2) is 23.2 Å². The van der Waals surface area contributed by atoms with Crippen molar-refractivity contribution in [3.63, 3.8) is 0 Å². The number of rotatable bonds is 0. The maximum atomic E-state index is 5.00. The Hall–Kier alpha value is -0.150. The van der Waals surface area contributed by atoms with E-state index in [0.29, 0.717) is 0 Å². The zero-order valence-electron chi connectivity index (χ0n) is 6.60. The van der Waals surface area contributed by atoms with Crippen LogP contribution >= 0.6 is 0 Å². The van der Waals surface area contributed by atoms with Gasteiger partial charge < -0.3 is 12.6 Å². The van der Waals surface area contributed by atoms with Gasteiger partial charge >= 0.3 is 22.4 Å². The molecule has 1 aromatic rings. The van der Waals surface area contributed by atoms with Crippen molar-refractivity contribution in [3.8, 4) is 0 Å². The van der Waals surface area contributed by atoms with Gasteiger partial charge in [-0.2, -0.15) is 0 Å². The van der Waals surface area contributed by atoms with Gasteiger partial charge in [0.05, 0.1) is 5.69 Å². The van der Waals surface area contributed by atoms with E-state index in [1.54, 1.807) is 0 Å². The minimum Gasteiger partial charge on any atom is -0.764 e. The summed E-state index contributed by atoms with van der Waals surface area (Å²) < 4.78 is 0. The van der Waals surface area contributed by atoms with Gasteiger partial charge in [0.25, 0.3) is 0 Å². The second kappa shape index (κ2) is 3.71. The SMILES string of the molecule is Cc1ccc2c(c1)N=C([S-])C2.[Ag+]. The molecule has 0 spiro atoms. The zero-order chi connectivity index (χ0) is 7.84. The first-order valence-corrected chi connectivity index (χ1v) is 4.00. The predicted octanol–water partition coefficient (Wildman–Crippen LogP) is 2.13. The standard InChI is InChI=1S/C9H9NS.Ag/c1-6-2-3-7-5-9(11)10-8(7)4-6;/h2-4H,5H2,1H3,(H,10,11);/q;+1/p-1. The van der Waals surface area contributed by atoms with Crippen molar-refractivity contribution in [3.05, 3.63) is 29.3 Å². The van der Waals surface area contributed by atoms with Gasteiger partial charge in [-0.05, 0) is 30.5 Å². The molecule has 1 aromatic carbocycles. The molecule has 1 aliphatic rings. The normalized spacial score (nSPS) is 13.2. The van der Waals surface area contributed by atoms with E-state index >= 15 is 0 Å². The van der Waals surface area contributed by atoms with E-state index < -0.39 is 0 Å². The molecule has 0 saturated heterocycles. The first-order chi connectivity index (χ1) is 5.25. The largest absolute Gasteiger partial charge is 1.00 e. The van der Waals surface area contributed by atoms with Gasteiger partial charge in [-0.1, -0.05) is 12.1 Å². The molecule has 0 N–H and O–H groups in total. The van der Waals surface area contributed by atoms with Crippen LogP contribution in [0.5, 0.6) is 0 Å². The van der Waals surface area contributed by atoms with Crippen LogP contribution in [-0.4, -0.2) is 5.04 Å². The summed E-state index contributed by atoms with van der Waals surface area (Å²) in [4.78, 5) is 4.24. The Morgan fingerprint density at radius 2 is 2.17 bits per heavy atom. The Morgan fingerprint density at radius 1 is 1.42 bits per heavy atom. The summed E-state index contributed by atoms with van der Waals surface area (Å²) in [5.74, 6) is 0. The van der Waals surface area contributed by atoms with E-state index in [4.69, 9.17) is 12.6 Å². The Morgan fingerprint density at radius 3 is 2.92 bits per heavy atom. The third kappa shape index (κ3) is 1.77. The molecule has 1 aliphatic heterocycles. The molecule has 0 saturated carbocycles. The van der Waals surface area contributed by atoms with Crippen LogP contribution in [0.3, 0.4) is 0 Å². The Balaban J connectivity index is 0.000000720. The van der Waals surface area contributed by atoms with Crippen LogP contribution in [0, 0.1) is 6.92 Å². The van der Waals surface area contributed by atoms with Crippen molar-refractivity contribution >= 4 is 23.4 Å². The van der Waals surface area contributed by atoms with Crippen molar-refractivity contribution in [1.82, 2.24) is 0 Å². The topological polar surface area (TPSA) is 12.4 Å². The van der Waals surface area contributed by atoms with E-state index in [0.717, 1.165) is 17.2 Å². The van der Waals surface area contributed by atoms with E-state index in [9.17, 15) is 0 Å². The van der Waals surface area contributed by atoms with Crippen LogP contribution < -0.4 is 0 Å². The second-order valence-electron chi connectivity index (χ2n) is 2.81. The van der Waals surface area contributed by atoms with E-state index in [2.05, 4.69) is 30.1 Å². The van der Waals surface area contributed by atoms with E-state index in [1.165, 1.54) is 11.1 Å². The molecule has 66 valence electrons. The number of fused-ring (bicyclic) bond motifs is 1. The molecule has 12 heavy (non-hydrogen) atoms. The monoisotopic (exact) mass is 269 g/mol. The maximum absolute atomic E-state index is 5.00. The number of benzene rings is 1. The van der Waals surface area contributed by atoms with Crippen LogP contribution in [0.1, 0.15) is 11.1 Å². The molecule has 0 atom stereocenters. The van der Waals surface area contributed by atoms with Crippen molar-refractivity contribution in [2.75, 3.05) is 0 Å². The summed E-state index contributed by atoms with van der Waals surface area (Å²) in [5.41, 5.74) is 3.58. The predicted molar refractivity (Wildman–Crippen MR) is 49.3 cm³/mol. The van der Waals surface area contributed by atoms with Crippen molar-refractivity contribution in [2.24, 2.45) is 4.99 Å². The van der Waals surface area contributed by atoms with Gasteiger partial charge in [0.2, 0.25) is 0 Å². The number of hydrogen-bond donors (Lipinski definition) is 0. The number of aryl methyl sites for hydroxylation is 1. The van der Waals surface area contributed by atoms with Crippen molar-refractivity contribution in [1.29, 1.82) is 0 Å². The molecule has 0 aromatic heterocycles. The summed E-state index contributed by atoms with van der Waals surface area (Å²) in [6.45, 7) is 2.07. The van der Waals surface area contributed by atoms with Gasteiger partial charge in [0.15, 0.2) is 0 Å². The second-order valence-corrected chi connectivity index (χ2v) is 3.29. The van der Waals surface area contributed by atoms with E-state index in [1.807, 2.05) is 0 Å². The average Bonchev–Trinajstić information content (AvgIpc) is 2.27. The van der Waals surface area contributed by atoms with Crippen molar-refractivity contribution < 1.29 is 22.4 Å². The molecule has 0 amide bonds. The Labute approximate surface area is 93.2 Å². The van der Waals surface area contributed by atoms with Gasteiger partial charge in [0.1, 0.15) is 0 Å². The molecule has 2 rings (SSSR count). The fraction of sp³-hybridized carbons (Fsp3) is 0.222. The minimum absolute atomic E-state index is 0. The molecule has 1 heterocycles. The van der Waals surface area contributed by atoms with Crippen LogP contribution in [0.25, 0.3) is 0 Å². The van der Waals surface area contributed by atoms with Gasteiger partial charge in [0, 0.05) is 0 Å². The fourth-order valence-corrected chi connectivity index (χ4v) is 1.52. The average molecular weight is 270 g/mol. The zero-order valence-corrected chi connectivity index (χ0v) is 8.89. The molecule has 0 aliphatic carbocycles. The number of aliphatic imine (C=N–C) groups is 1. The summed E-state index contributed by atoms with van der Waals surface area (Å²) in [6, 6.07) is 6.28. The quantitative estimate of drug-likeness (QED) is 0.519. The fourth-order valence-electron chi connectivity index (χ4n) is 1.26. The van der Waals surface area contributed by atoms with E-state index in [-0.39, 0.29) is 22.4 Å². The molecular weight excluding hydrogens is 262 g/mol. The Bertz CT molecular complexity index is 333. The molecule has 0 fully saturated rings. The summed E-state index contributed by atoms with van der Waals surface area (Å²) >= 11 is 5.00.